The van der Waals surface area contributed by atoms with E-state index in [9.17, 15) is 9.90 Å². The molecule has 2 aliphatic rings. The summed E-state index contributed by atoms with van der Waals surface area (Å²) in [6.45, 7) is 0. The van der Waals surface area contributed by atoms with E-state index in [1.54, 1.807) is 4.90 Å². The highest BCUT2D eigenvalue weighted by Gasteiger charge is 2.42. The molecule has 4 rings (SSSR count). The van der Waals surface area contributed by atoms with Crippen molar-refractivity contribution >= 4 is 32.9 Å². The van der Waals surface area contributed by atoms with Gasteiger partial charge in [0.2, 0.25) is 0 Å². The molecule has 2 aromatic rings. The first-order valence-electron chi connectivity index (χ1n) is 7.36. The van der Waals surface area contributed by atoms with E-state index < -0.39 is 6.09 Å². The summed E-state index contributed by atoms with van der Waals surface area (Å²) in [4.78, 5) is 13.4. The van der Waals surface area contributed by atoms with Crippen LogP contribution in [0.3, 0.4) is 0 Å². The number of amides is 1. The minimum Gasteiger partial charge on any atom is -0.465 e. The van der Waals surface area contributed by atoms with Crippen molar-refractivity contribution in [3.63, 3.8) is 0 Å². The van der Waals surface area contributed by atoms with E-state index in [0.717, 1.165) is 30.2 Å². The zero-order valence-corrected chi connectivity index (χ0v) is 13.4. The van der Waals surface area contributed by atoms with Gasteiger partial charge >= 0.3 is 6.09 Å². The van der Waals surface area contributed by atoms with Crippen molar-refractivity contribution in [3.05, 3.63) is 33.9 Å². The minimum absolute atomic E-state index is 0.0230. The third-order valence-corrected chi connectivity index (χ3v) is 5.55. The van der Waals surface area contributed by atoms with Crippen LogP contribution in [-0.2, 0) is 13.5 Å². The predicted octanol–water partition coefficient (Wildman–Crippen LogP) is 4.07. The molecule has 1 fully saturated rings. The monoisotopic (exact) mass is 348 g/mol. The van der Waals surface area contributed by atoms with E-state index in [0.29, 0.717) is 0 Å². The van der Waals surface area contributed by atoms with Crippen molar-refractivity contribution in [3.8, 4) is 0 Å². The third-order valence-electron chi connectivity index (χ3n) is 5.05. The summed E-state index contributed by atoms with van der Waals surface area (Å²) in [5, 5.41) is 10.8. The zero-order chi connectivity index (χ0) is 14.7. The van der Waals surface area contributed by atoms with Gasteiger partial charge in [-0.05, 0) is 31.4 Å². The largest absolute Gasteiger partial charge is 0.465 e. The fourth-order valence-electron chi connectivity index (χ4n) is 4.19. The molecule has 110 valence electrons. The summed E-state index contributed by atoms with van der Waals surface area (Å²) in [6, 6.07) is 6.45. The molecule has 1 aromatic heterocycles. The molecule has 2 aliphatic heterocycles. The van der Waals surface area contributed by atoms with Crippen LogP contribution in [0.5, 0.6) is 0 Å². The summed E-state index contributed by atoms with van der Waals surface area (Å²) in [7, 11) is 2.10. The van der Waals surface area contributed by atoms with Crippen LogP contribution < -0.4 is 0 Å². The molecule has 1 amide bonds. The fraction of sp³-hybridized carbons (Fsp3) is 0.438. The van der Waals surface area contributed by atoms with Crippen LogP contribution in [0.15, 0.2) is 22.7 Å². The molecule has 0 saturated carbocycles. The lowest BCUT2D eigenvalue weighted by molar-refractivity contribution is 0.0622. The highest BCUT2D eigenvalue weighted by Crippen LogP contribution is 2.46. The number of hydrogen-bond acceptors (Lipinski definition) is 1. The maximum Gasteiger partial charge on any atom is 0.408 e. The Hall–Kier alpha value is -1.49. The van der Waals surface area contributed by atoms with E-state index in [4.69, 9.17) is 0 Å². The number of fused-ring (bicyclic) bond motifs is 6. The lowest BCUT2D eigenvalue weighted by Gasteiger charge is -2.44. The maximum absolute atomic E-state index is 11.7. The van der Waals surface area contributed by atoms with Gasteiger partial charge < -0.3 is 9.67 Å². The molecule has 2 unspecified atom stereocenters. The summed E-state index contributed by atoms with van der Waals surface area (Å²) in [5.41, 5.74) is 3.74. The number of aromatic nitrogens is 1. The van der Waals surface area contributed by atoms with Crippen LogP contribution in [-0.4, -0.2) is 26.7 Å². The molecule has 0 spiro atoms. The van der Waals surface area contributed by atoms with E-state index in [-0.39, 0.29) is 12.1 Å². The van der Waals surface area contributed by atoms with Gasteiger partial charge in [0, 0.05) is 46.1 Å². The number of benzene rings is 1. The Morgan fingerprint density at radius 3 is 2.95 bits per heavy atom. The predicted molar refractivity (Wildman–Crippen MR) is 84.6 cm³/mol. The maximum atomic E-state index is 11.7. The molecular weight excluding hydrogens is 332 g/mol. The van der Waals surface area contributed by atoms with Gasteiger partial charge in [0.25, 0.3) is 0 Å². The molecule has 2 atom stereocenters. The quantitative estimate of drug-likeness (QED) is 0.779. The first-order valence-corrected chi connectivity index (χ1v) is 8.15. The molecule has 1 aromatic carbocycles. The molecular formula is C16H17BrN2O2. The van der Waals surface area contributed by atoms with Gasteiger partial charge in [-0.15, -0.1) is 0 Å². The van der Waals surface area contributed by atoms with Crippen LogP contribution in [0, 0.1) is 0 Å². The zero-order valence-electron chi connectivity index (χ0n) is 11.8. The number of nitrogens with zero attached hydrogens (tertiary/aromatic N) is 2. The Bertz CT molecular complexity index is 752. The van der Waals surface area contributed by atoms with Gasteiger partial charge in [-0.2, -0.15) is 0 Å². The number of rotatable bonds is 0. The van der Waals surface area contributed by atoms with Crippen molar-refractivity contribution in [2.24, 2.45) is 7.05 Å². The first-order chi connectivity index (χ1) is 10.1. The topological polar surface area (TPSA) is 45.5 Å². The highest BCUT2D eigenvalue weighted by atomic mass is 79.9. The number of carboxylic acid groups (broad SMARTS) is 1. The first kappa shape index (κ1) is 13.2. The van der Waals surface area contributed by atoms with Gasteiger partial charge in [0.05, 0.1) is 6.04 Å². The Labute approximate surface area is 131 Å². The lowest BCUT2D eigenvalue weighted by atomic mass is 9.82. The van der Waals surface area contributed by atoms with Gasteiger partial charge in [0.15, 0.2) is 0 Å². The van der Waals surface area contributed by atoms with Crippen molar-refractivity contribution in [1.82, 2.24) is 9.47 Å². The molecule has 0 radical (unpaired) electrons. The summed E-state index contributed by atoms with van der Waals surface area (Å²) in [5.74, 6) is 0. The second-order valence-corrected chi connectivity index (χ2v) is 6.99. The van der Waals surface area contributed by atoms with Crippen molar-refractivity contribution < 1.29 is 9.90 Å². The SMILES string of the molecule is Cn1c2c(c3ccc(Br)cc31)C1CCCC(C2)N1C(=O)O. The van der Waals surface area contributed by atoms with Crippen LogP contribution in [0.2, 0.25) is 0 Å². The van der Waals surface area contributed by atoms with Gasteiger partial charge in [-0.1, -0.05) is 22.0 Å². The molecule has 2 bridgehead atoms. The van der Waals surface area contributed by atoms with Gasteiger partial charge in [-0.25, -0.2) is 4.79 Å². The number of halogens is 1. The standard InChI is InChI=1S/C16H17BrN2O2/c1-18-13-7-9(17)5-6-11(13)15-12-4-2-3-10(8-14(15)18)19(12)16(20)21/h5-7,10,12H,2-4,8H2,1H3,(H,20,21). The number of aryl methyl sites for hydroxylation is 1. The van der Waals surface area contributed by atoms with E-state index in [1.165, 1.54) is 22.2 Å². The summed E-state index contributed by atoms with van der Waals surface area (Å²) >= 11 is 3.53. The fourth-order valence-corrected chi connectivity index (χ4v) is 4.54. The second-order valence-electron chi connectivity index (χ2n) is 6.08. The number of piperidine rings is 1. The average molecular weight is 349 g/mol. The van der Waals surface area contributed by atoms with E-state index >= 15 is 0 Å². The van der Waals surface area contributed by atoms with Crippen molar-refractivity contribution in [2.75, 3.05) is 0 Å². The lowest BCUT2D eigenvalue weighted by Crippen LogP contribution is -2.49. The smallest absolute Gasteiger partial charge is 0.408 e. The molecule has 21 heavy (non-hydrogen) atoms. The van der Waals surface area contributed by atoms with E-state index in [1.807, 2.05) is 6.07 Å². The van der Waals surface area contributed by atoms with Crippen LogP contribution in [0.4, 0.5) is 4.79 Å². The number of carbonyl (C=O) groups is 1. The third kappa shape index (κ3) is 1.76. The Morgan fingerprint density at radius 1 is 1.38 bits per heavy atom. The Morgan fingerprint density at radius 2 is 2.19 bits per heavy atom. The minimum atomic E-state index is -0.774. The highest BCUT2D eigenvalue weighted by molar-refractivity contribution is 9.10. The second kappa shape index (κ2) is 4.50. The van der Waals surface area contributed by atoms with Crippen LogP contribution in [0.1, 0.15) is 36.6 Å². The van der Waals surface area contributed by atoms with Crippen molar-refractivity contribution in [1.29, 1.82) is 0 Å². The Kier molecular flexibility index (Phi) is 2.83. The molecule has 3 heterocycles. The average Bonchev–Trinajstić information content (AvgIpc) is 2.71. The summed E-state index contributed by atoms with van der Waals surface area (Å²) < 4.78 is 3.31. The molecule has 4 nitrogen and oxygen atoms in total. The van der Waals surface area contributed by atoms with Crippen LogP contribution in [0.25, 0.3) is 10.9 Å². The van der Waals surface area contributed by atoms with Gasteiger partial charge in [-0.3, -0.25) is 4.90 Å². The number of hydrogen-bond donors (Lipinski definition) is 1. The molecule has 1 saturated heterocycles. The van der Waals surface area contributed by atoms with Gasteiger partial charge in [0.1, 0.15) is 0 Å². The van der Waals surface area contributed by atoms with Crippen molar-refractivity contribution in [2.45, 2.75) is 37.8 Å². The van der Waals surface area contributed by atoms with Crippen LogP contribution >= 0.6 is 15.9 Å². The summed E-state index contributed by atoms with van der Waals surface area (Å²) in [6.07, 6.45) is 3.09. The Balaban J connectivity index is 2.00. The molecule has 5 heteroatoms. The normalized spacial score (nSPS) is 24.2. The molecule has 1 N–H and O–H groups in total. The molecule has 0 aliphatic carbocycles. The van der Waals surface area contributed by atoms with E-state index in [2.05, 4.69) is 39.7 Å².